The Kier molecular flexibility index (Phi) is 11.6. The number of hydrogen-bond donors (Lipinski definition) is 4. The molecule has 4 bridgehead atoms. The van der Waals surface area contributed by atoms with Crippen molar-refractivity contribution in [1.82, 2.24) is 29.8 Å². The number of unbranched alkanes of at least 4 members (excludes halogenated alkanes) is 1. The van der Waals surface area contributed by atoms with Crippen LogP contribution < -0.4 is 26.4 Å². The SMILES string of the molecule is CN1CCN(C(=O)CCCCC2SC[C@@H]3NC(=O)N[C@H]23)CCOCCOc2ccccc2NC(=O)c2nc(cnc2N)-c2ccc(cc2)S1(=O)=O. The van der Waals surface area contributed by atoms with Crippen LogP contribution in [-0.4, -0.2) is 115 Å². The van der Waals surface area contributed by atoms with Crippen LogP contribution >= 0.6 is 11.8 Å². The fourth-order valence-electron chi connectivity index (χ4n) is 6.21. The van der Waals surface area contributed by atoms with Crippen LogP contribution in [0.25, 0.3) is 11.3 Å². The van der Waals surface area contributed by atoms with Gasteiger partial charge in [0, 0.05) is 49.7 Å². The molecule has 4 aliphatic heterocycles. The van der Waals surface area contributed by atoms with Gasteiger partial charge in [-0.2, -0.15) is 16.1 Å². The standard InChI is InChI=1S/C34H42N8O7S2/c1-41-14-15-42(29(43)9-5-4-8-28-30-26(21-50-28)39-34(45)40-30)16-17-48-18-19-49-27-7-3-2-6-24(27)38-33(44)31-32(35)36-20-25(37-31)22-10-12-23(13-11-22)51(41,46)47/h2-3,6-7,10-13,20,26,28,30H,4-5,8-9,14-19,21H2,1H3,(H2,35,36)(H,38,44)(H2,39,40,45)/t26-,28?,30-/m0/s1. The van der Waals surface area contributed by atoms with Gasteiger partial charge in [-0.3, -0.25) is 9.59 Å². The number of aromatic nitrogens is 2. The summed E-state index contributed by atoms with van der Waals surface area (Å²) in [6.45, 7) is 1.13. The Morgan fingerprint density at radius 2 is 1.82 bits per heavy atom. The number of rotatable bonds is 5. The number of carbonyl (C=O) groups excluding carboxylic acids is 3. The maximum absolute atomic E-state index is 13.5. The maximum Gasteiger partial charge on any atom is 0.315 e. The quantitative estimate of drug-likeness (QED) is 0.171. The topological polar surface area (TPSA) is 198 Å². The summed E-state index contributed by atoms with van der Waals surface area (Å²) < 4.78 is 40.0. The molecule has 15 nitrogen and oxygen atoms in total. The van der Waals surface area contributed by atoms with Crippen molar-refractivity contribution in [3.8, 4) is 17.0 Å². The van der Waals surface area contributed by atoms with E-state index >= 15 is 0 Å². The summed E-state index contributed by atoms with van der Waals surface area (Å²) in [5.74, 6) is 0.570. The molecule has 3 aromatic rings. The number of nitrogens with two attached hydrogens (primary N) is 1. The van der Waals surface area contributed by atoms with E-state index in [2.05, 4.69) is 25.9 Å². The second kappa shape index (κ2) is 16.3. The molecule has 1 unspecified atom stereocenters. The number of nitrogen functional groups attached to an aromatic ring is 1. The fraction of sp³-hybridized carbons (Fsp3) is 0.441. The predicted octanol–water partition coefficient (Wildman–Crippen LogP) is 2.56. The molecule has 5 N–H and O–H groups in total. The first kappa shape index (κ1) is 36.3. The zero-order valence-electron chi connectivity index (χ0n) is 28.2. The highest BCUT2D eigenvalue weighted by Crippen LogP contribution is 2.33. The van der Waals surface area contributed by atoms with Gasteiger partial charge >= 0.3 is 6.03 Å². The maximum atomic E-state index is 13.5. The van der Waals surface area contributed by atoms with E-state index < -0.39 is 15.9 Å². The third-order valence-corrected chi connectivity index (χ3v) is 12.5. The molecule has 7 rings (SSSR count). The number of thioether (sulfide) groups is 1. The van der Waals surface area contributed by atoms with Crippen LogP contribution in [0.2, 0.25) is 0 Å². The highest BCUT2D eigenvalue weighted by molar-refractivity contribution is 8.00. The monoisotopic (exact) mass is 738 g/mol. The van der Waals surface area contributed by atoms with Crippen molar-refractivity contribution in [1.29, 1.82) is 0 Å². The molecular weight excluding hydrogens is 697 g/mol. The van der Waals surface area contributed by atoms with E-state index in [1.807, 2.05) is 11.8 Å². The summed E-state index contributed by atoms with van der Waals surface area (Å²) in [7, 11) is -2.41. The lowest BCUT2D eigenvalue weighted by Crippen LogP contribution is -2.41. The molecule has 4 amide bonds. The molecule has 272 valence electrons. The molecular formula is C34H42N8O7S2. The number of anilines is 2. The molecule has 0 saturated carbocycles. The Bertz CT molecular complexity index is 1850. The number of nitrogens with zero attached hydrogens (tertiary/aromatic N) is 4. The highest BCUT2D eigenvalue weighted by Gasteiger charge is 2.42. The molecule has 2 aromatic carbocycles. The Morgan fingerprint density at radius 3 is 2.65 bits per heavy atom. The van der Waals surface area contributed by atoms with Crippen LogP contribution in [0.1, 0.15) is 36.2 Å². The van der Waals surface area contributed by atoms with Crippen molar-refractivity contribution in [2.75, 3.05) is 63.3 Å². The molecule has 5 heterocycles. The Hall–Kier alpha value is -4.45. The van der Waals surface area contributed by atoms with E-state index in [0.717, 1.165) is 18.6 Å². The van der Waals surface area contributed by atoms with E-state index in [-0.39, 0.29) is 79.9 Å². The normalized spacial score (nSPS) is 22.7. The molecule has 0 aliphatic carbocycles. The van der Waals surface area contributed by atoms with Gasteiger partial charge in [-0.25, -0.2) is 23.2 Å². The van der Waals surface area contributed by atoms with Gasteiger partial charge in [0.2, 0.25) is 15.9 Å². The summed E-state index contributed by atoms with van der Waals surface area (Å²) in [5, 5.41) is 9.05. The molecule has 0 radical (unpaired) electrons. The minimum Gasteiger partial charge on any atom is -0.489 e. The molecule has 51 heavy (non-hydrogen) atoms. The second-order valence-corrected chi connectivity index (χ2v) is 15.8. The summed E-state index contributed by atoms with van der Waals surface area (Å²) >= 11 is 1.84. The Labute approximate surface area is 301 Å². The van der Waals surface area contributed by atoms with Gasteiger partial charge in [0.15, 0.2) is 11.5 Å². The Balaban J connectivity index is 1.15. The molecule has 0 spiro atoms. The third kappa shape index (κ3) is 8.72. The van der Waals surface area contributed by atoms with Crippen LogP contribution in [-0.2, 0) is 19.6 Å². The lowest BCUT2D eigenvalue weighted by Gasteiger charge is -2.26. The summed E-state index contributed by atoms with van der Waals surface area (Å²) in [6, 6.07) is 13.2. The molecule has 17 heteroatoms. The lowest BCUT2D eigenvalue weighted by molar-refractivity contribution is -0.132. The van der Waals surface area contributed by atoms with Gasteiger partial charge < -0.3 is 36.1 Å². The van der Waals surface area contributed by atoms with Crippen molar-refractivity contribution in [2.24, 2.45) is 0 Å². The number of benzene rings is 2. The molecule has 1 aromatic heterocycles. The van der Waals surface area contributed by atoms with Gasteiger partial charge in [0.05, 0.1) is 47.8 Å². The van der Waals surface area contributed by atoms with E-state index in [4.69, 9.17) is 15.2 Å². The number of carbonyl (C=O) groups is 3. The summed E-state index contributed by atoms with van der Waals surface area (Å²) in [5.41, 5.74) is 7.20. The van der Waals surface area contributed by atoms with Gasteiger partial charge in [0.1, 0.15) is 12.4 Å². The van der Waals surface area contributed by atoms with Crippen LogP contribution in [0, 0.1) is 0 Å². The van der Waals surface area contributed by atoms with Crippen molar-refractivity contribution in [3.05, 3.63) is 60.4 Å². The number of fused-ring (bicyclic) bond motifs is 14. The second-order valence-electron chi connectivity index (χ2n) is 12.5. The molecule has 2 saturated heterocycles. The van der Waals surface area contributed by atoms with E-state index in [1.165, 1.54) is 29.7 Å². The predicted molar refractivity (Wildman–Crippen MR) is 193 cm³/mol. The first-order chi connectivity index (χ1) is 24.6. The Morgan fingerprint density at radius 1 is 1.02 bits per heavy atom. The summed E-state index contributed by atoms with van der Waals surface area (Å²) in [4.78, 5) is 48.7. The molecule has 3 atom stereocenters. The third-order valence-electron chi connectivity index (χ3n) is 9.11. The van der Waals surface area contributed by atoms with E-state index in [1.54, 1.807) is 41.3 Å². The smallest absolute Gasteiger partial charge is 0.315 e. The lowest BCUT2D eigenvalue weighted by atomic mass is 10.0. The minimum atomic E-state index is -3.90. The van der Waals surface area contributed by atoms with Gasteiger partial charge in [-0.15, -0.1) is 0 Å². The average Bonchev–Trinajstić information content (AvgIpc) is 3.68. The van der Waals surface area contributed by atoms with E-state index in [0.29, 0.717) is 40.8 Å². The van der Waals surface area contributed by atoms with Crippen molar-refractivity contribution in [3.63, 3.8) is 0 Å². The molecule has 2 fully saturated rings. The summed E-state index contributed by atoms with van der Waals surface area (Å²) in [6.07, 6.45) is 4.13. The number of ether oxygens (including phenoxy) is 2. The van der Waals surface area contributed by atoms with Gasteiger partial charge in [0.25, 0.3) is 5.91 Å². The first-order valence-electron chi connectivity index (χ1n) is 16.9. The number of sulfonamides is 1. The largest absolute Gasteiger partial charge is 0.489 e. The van der Waals surface area contributed by atoms with Gasteiger partial charge in [-0.1, -0.05) is 30.7 Å². The van der Waals surface area contributed by atoms with Crippen LogP contribution in [0.5, 0.6) is 5.75 Å². The average molecular weight is 739 g/mol. The number of nitrogens with one attached hydrogen (secondary N) is 3. The van der Waals surface area contributed by atoms with E-state index in [9.17, 15) is 22.8 Å². The van der Waals surface area contributed by atoms with Crippen LogP contribution in [0.15, 0.2) is 59.6 Å². The fourth-order valence-corrected chi connectivity index (χ4v) is 8.92. The zero-order chi connectivity index (χ0) is 36.0. The van der Waals surface area contributed by atoms with Crippen molar-refractivity contribution >= 4 is 51.1 Å². The minimum absolute atomic E-state index is 0.0647. The van der Waals surface area contributed by atoms with Crippen molar-refractivity contribution in [2.45, 2.75) is 47.9 Å². The number of hydrogen-bond acceptors (Lipinski definition) is 11. The zero-order valence-corrected chi connectivity index (χ0v) is 29.9. The molecule has 4 aliphatic rings. The van der Waals surface area contributed by atoms with Gasteiger partial charge in [-0.05, 0) is 37.1 Å². The first-order valence-corrected chi connectivity index (χ1v) is 19.4. The number of amides is 4. The number of likely N-dealkylation sites (N-methyl/N-ethyl adjacent to an activating group) is 1. The van der Waals surface area contributed by atoms with Crippen LogP contribution in [0.3, 0.4) is 0 Å². The number of para-hydroxylation sites is 2. The van der Waals surface area contributed by atoms with Crippen LogP contribution in [0.4, 0.5) is 16.3 Å². The number of urea groups is 1. The van der Waals surface area contributed by atoms with Crippen molar-refractivity contribution < 1.29 is 32.3 Å². The highest BCUT2D eigenvalue weighted by atomic mass is 32.2.